The third-order valence-corrected chi connectivity index (χ3v) is 3.74. The largest absolute Gasteiger partial charge is 0.381 e. The van der Waals surface area contributed by atoms with Gasteiger partial charge in [-0.25, -0.2) is 9.40 Å². The average molecular weight is 374 g/mol. The van der Waals surface area contributed by atoms with Crippen LogP contribution in [0.2, 0.25) is 5.02 Å². The Labute approximate surface area is 160 Å². The highest BCUT2D eigenvalue weighted by atomic mass is 35.5. The second kappa shape index (κ2) is 9.78. The van der Waals surface area contributed by atoms with Crippen molar-refractivity contribution in [2.75, 3.05) is 0 Å². The van der Waals surface area contributed by atoms with Gasteiger partial charge in [0.1, 0.15) is 5.82 Å². The quantitative estimate of drug-likeness (QED) is 0.329. The Balaban J connectivity index is 2.91. The molecule has 0 radical (unpaired) electrons. The third-order valence-electron chi connectivity index (χ3n) is 3.45. The Morgan fingerprint density at radius 3 is 2.42 bits per heavy atom. The Morgan fingerprint density at radius 2 is 1.92 bits per heavy atom. The second-order valence-corrected chi connectivity index (χ2v) is 6.24. The highest BCUT2D eigenvalue weighted by molar-refractivity contribution is 6.30. The zero-order chi connectivity index (χ0) is 19.9. The fourth-order valence-corrected chi connectivity index (χ4v) is 2.27. The van der Waals surface area contributed by atoms with E-state index in [1.165, 1.54) is 6.07 Å². The Hall–Kier alpha value is -2.59. The molecular weight excluding hydrogens is 349 g/mol. The van der Waals surface area contributed by atoms with Gasteiger partial charge in [-0.05, 0) is 55.7 Å². The Bertz CT molecular complexity index is 790. The molecule has 138 valence electrons. The van der Waals surface area contributed by atoms with Crippen LogP contribution in [0.4, 0.5) is 4.39 Å². The van der Waals surface area contributed by atoms with Crippen LogP contribution in [0, 0.1) is 5.82 Å². The van der Waals surface area contributed by atoms with Crippen molar-refractivity contribution in [3.63, 3.8) is 0 Å². The van der Waals surface area contributed by atoms with Crippen molar-refractivity contribution in [3.8, 4) is 0 Å². The molecular formula is C21H25ClFN3. The molecule has 0 bridgehead atoms. The molecule has 0 aromatic heterocycles. The van der Waals surface area contributed by atoms with E-state index in [2.05, 4.69) is 36.7 Å². The predicted octanol–water partition coefficient (Wildman–Crippen LogP) is 5.94. The maximum atomic E-state index is 13.2. The van der Waals surface area contributed by atoms with Gasteiger partial charge in [0, 0.05) is 24.2 Å². The van der Waals surface area contributed by atoms with E-state index in [1.54, 1.807) is 23.4 Å². The van der Waals surface area contributed by atoms with Crippen LogP contribution < -0.4 is 5.32 Å². The summed E-state index contributed by atoms with van der Waals surface area (Å²) in [5.74, 6) is -0.441. The van der Waals surface area contributed by atoms with E-state index in [0.717, 1.165) is 22.5 Å². The number of halogens is 2. The minimum absolute atomic E-state index is 0.0905. The number of hydrogen-bond acceptors (Lipinski definition) is 3. The standard InChI is InChI=1S/C21H25ClFN3/c1-8-25-26(15(4)5)21(14(2)3)11-16(6)17(7)24-13-18-9-10-20(23)19(22)12-18/h8-12,24H,2,4,6-7,13H2,1,3,5H3/b21-11-,25-8-. The monoisotopic (exact) mass is 373 g/mol. The minimum Gasteiger partial charge on any atom is -0.381 e. The average Bonchev–Trinajstić information content (AvgIpc) is 2.57. The van der Waals surface area contributed by atoms with E-state index >= 15 is 0 Å². The Morgan fingerprint density at radius 1 is 1.27 bits per heavy atom. The van der Waals surface area contributed by atoms with Gasteiger partial charge in [-0.1, -0.05) is 44.0 Å². The van der Waals surface area contributed by atoms with Crippen LogP contribution >= 0.6 is 11.6 Å². The number of hydrogen-bond donors (Lipinski definition) is 1. The fourth-order valence-electron chi connectivity index (χ4n) is 2.07. The number of benzene rings is 1. The molecule has 0 spiro atoms. The Kier molecular flexibility index (Phi) is 8.07. The molecule has 1 aromatic carbocycles. The SMILES string of the molecule is C=C(/C=C(/C(=C)C)N(/N=C\C)C(=C)C)C(=C)NCc1ccc(F)c(Cl)c1. The van der Waals surface area contributed by atoms with E-state index < -0.39 is 5.82 Å². The van der Waals surface area contributed by atoms with Crippen LogP contribution in [0.3, 0.4) is 0 Å². The molecule has 0 aliphatic carbocycles. The molecule has 0 saturated heterocycles. The van der Waals surface area contributed by atoms with Crippen LogP contribution in [-0.2, 0) is 6.54 Å². The summed E-state index contributed by atoms with van der Waals surface area (Å²) in [5, 5.41) is 9.25. The molecule has 0 aliphatic rings. The highest BCUT2D eigenvalue weighted by Gasteiger charge is 2.11. The first-order valence-corrected chi connectivity index (χ1v) is 8.43. The van der Waals surface area contributed by atoms with Gasteiger partial charge in [-0.2, -0.15) is 5.10 Å². The van der Waals surface area contributed by atoms with Gasteiger partial charge in [0.25, 0.3) is 0 Å². The zero-order valence-corrected chi connectivity index (χ0v) is 16.3. The van der Waals surface area contributed by atoms with Crippen molar-refractivity contribution in [1.82, 2.24) is 10.3 Å². The molecule has 1 N–H and O–H groups in total. The number of nitrogens with one attached hydrogen (secondary N) is 1. The summed E-state index contributed by atoms with van der Waals surface area (Å²) in [6, 6.07) is 4.58. The number of hydrazone groups is 1. The van der Waals surface area contributed by atoms with E-state index in [0.29, 0.717) is 17.8 Å². The van der Waals surface area contributed by atoms with Crippen molar-refractivity contribution in [3.05, 3.63) is 95.2 Å². The number of nitrogens with zero attached hydrogens (tertiary/aromatic N) is 2. The molecule has 26 heavy (non-hydrogen) atoms. The molecule has 0 heterocycles. The molecule has 5 heteroatoms. The van der Waals surface area contributed by atoms with Crippen molar-refractivity contribution in [2.24, 2.45) is 5.10 Å². The lowest BCUT2D eigenvalue weighted by atomic mass is 10.1. The van der Waals surface area contributed by atoms with Crippen LogP contribution in [0.15, 0.2) is 83.9 Å². The molecule has 0 fully saturated rings. The summed E-state index contributed by atoms with van der Waals surface area (Å²) in [4.78, 5) is 0. The second-order valence-electron chi connectivity index (χ2n) is 5.84. The van der Waals surface area contributed by atoms with Gasteiger partial charge in [-0.3, -0.25) is 0 Å². The molecule has 0 atom stereocenters. The maximum Gasteiger partial charge on any atom is 0.141 e. The summed E-state index contributed by atoms with van der Waals surface area (Å²) in [6.07, 6.45) is 3.52. The third kappa shape index (κ3) is 6.05. The van der Waals surface area contributed by atoms with Crippen LogP contribution in [-0.4, -0.2) is 11.2 Å². The van der Waals surface area contributed by atoms with E-state index in [1.807, 2.05) is 26.8 Å². The zero-order valence-electron chi connectivity index (χ0n) is 15.6. The first-order chi connectivity index (χ1) is 12.2. The van der Waals surface area contributed by atoms with Gasteiger partial charge >= 0.3 is 0 Å². The lowest BCUT2D eigenvalue weighted by Crippen LogP contribution is -2.17. The summed E-state index contributed by atoms with van der Waals surface area (Å²) < 4.78 is 13.2. The van der Waals surface area contributed by atoms with Crippen LogP contribution in [0.25, 0.3) is 0 Å². The van der Waals surface area contributed by atoms with Gasteiger partial charge < -0.3 is 5.32 Å². The van der Waals surface area contributed by atoms with Crippen LogP contribution in [0.1, 0.15) is 26.3 Å². The lowest BCUT2D eigenvalue weighted by Gasteiger charge is -2.23. The number of allylic oxidation sites excluding steroid dienone is 3. The minimum atomic E-state index is -0.441. The van der Waals surface area contributed by atoms with E-state index in [4.69, 9.17) is 11.6 Å². The smallest absolute Gasteiger partial charge is 0.141 e. The molecule has 0 aliphatic heterocycles. The normalized spacial score (nSPS) is 11.3. The van der Waals surface area contributed by atoms with Gasteiger partial charge in [0.15, 0.2) is 0 Å². The first kappa shape index (κ1) is 21.5. The molecule has 3 nitrogen and oxygen atoms in total. The maximum absolute atomic E-state index is 13.2. The predicted molar refractivity (Wildman–Crippen MR) is 110 cm³/mol. The first-order valence-electron chi connectivity index (χ1n) is 8.05. The number of rotatable bonds is 9. The van der Waals surface area contributed by atoms with Crippen molar-refractivity contribution >= 4 is 17.8 Å². The molecule has 0 amide bonds. The molecule has 1 aromatic rings. The fraction of sp³-hybridized carbons (Fsp3) is 0.190. The lowest BCUT2D eigenvalue weighted by molar-refractivity contribution is 0.467. The molecule has 1 rings (SSSR count). The highest BCUT2D eigenvalue weighted by Crippen LogP contribution is 2.22. The summed E-state index contributed by atoms with van der Waals surface area (Å²) >= 11 is 5.80. The molecule has 0 unspecified atom stereocenters. The summed E-state index contributed by atoms with van der Waals surface area (Å²) in [5.41, 5.74) is 4.49. The summed E-state index contributed by atoms with van der Waals surface area (Å²) in [7, 11) is 0. The van der Waals surface area contributed by atoms with Crippen LogP contribution in [0.5, 0.6) is 0 Å². The van der Waals surface area contributed by atoms with Crippen molar-refractivity contribution in [1.29, 1.82) is 0 Å². The van der Waals surface area contributed by atoms with Crippen molar-refractivity contribution in [2.45, 2.75) is 27.3 Å². The van der Waals surface area contributed by atoms with Gasteiger partial charge in [0.2, 0.25) is 0 Å². The van der Waals surface area contributed by atoms with E-state index in [9.17, 15) is 4.39 Å². The molecule has 0 saturated carbocycles. The van der Waals surface area contributed by atoms with E-state index in [-0.39, 0.29) is 5.02 Å². The van der Waals surface area contributed by atoms with Crippen molar-refractivity contribution < 1.29 is 4.39 Å². The topological polar surface area (TPSA) is 27.6 Å². The van der Waals surface area contributed by atoms with Gasteiger partial charge in [0.05, 0.1) is 10.7 Å². The van der Waals surface area contributed by atoms with Gasteiger partial charge in [-0.15, -0.1) is 0 Å². The summed E-state index contributed by atoms with van der Waals surface area (Å²) in [6.45, 7) is 22.0.